The first-order valence-corrected chi connectivity index (χ1v) is 9.80. The van der Waals surface area contributed by atoms with E-state index in [-0.39, 0.29) is 18.4 Å². The van der Waals surface area contributed by atoms with Crippen LogP contribution < -0.4 is 10.6 Å². The number of carbonyl (C=O) groups excluding carboxylic acids is 1. The Morgan fingerprint density at radius 1 is 1.19 bits per heavy atom. The zero-order valence-electron chi connectivity index (χ0n) is 16.5. The second-order valence-electron chi connectivity index (χ2n) is 6.78. The largest absolute Gasteiger partial charge is 0.396 e. The van der Waals surface area contributed by atoms with Gasteiger partial charge in [-0.3, -0.25) is 14.7 Å². The van der Waals surface area contributed by atoms with Gasteiger partial charge in [0.1, 0.15) is 0 Å². The summed E-state index contributed by atoms with van der Waals surface area (Å²) in [5.74, 6) is 0.932. The average Bonchev–Trinajstić information content (AvgIpc) is 2.69. The molecular formula is C20H33N5O2. The maximum absolute atomic E-state index is 11.4. The number of guanidine groups is 1. The highest BCUT2D eigenvalue weighted by Crippen LogP contribution is 2.14. The van der Waals surface area contributed by atoms with Gasteiger partial charge < -0.3 is 20.6 Å². The molecule has 1 atom stereocenters. The van der Waals surface area contributed by atoms with Crippen LogP contribution in [0.15, 0.2) is 35.3 Å². The van der Waals surface area contributed by atoms with Gasteiger partial charge in [-0.25, -0.2) is 0 Å². The average molecular weight is 376 g/mol. The summed E-state index contributed by atoms with van der Waals surface area (Å²) in [7, 11) is 0. The topological polar surface area (TPSA) is 80.2 Å². The number of nitrogens with one attached hydrogen (secondary N) is 2. The van der Waals surface area contributed by atoms with Crippen molar-refractivity contribution in [3.63, 3.8) is 0 Å². The number of benzene rings is 1. The first-order chi connectivity index (χ1) is 13.1. The lowest BCUT2D eigenvalue weighted by Gasteiger charge is -2.34. The number of rotatable bonds is 8. The third-order valence-electron chi connectivity index (χ3n) is 4.84. The van der Waals surface area contributed by atoms with Crippen molar-refractivity contribution in [2.45, 2.75) is 19.8 Å². The Hall–Kier alpha value is -2.12. The smallest absolute Gasteiger partial charge is 0.219 e. The van der Waals surface area contributed by atoms with E-state index in [2.05, 4.69) is 20.5 Å². The molecule has 1 aliphatic heterocycles. The van der Waals surface area contributed by atoms with Gasteiger partial charge in [-0.05, 0) is 12.5 Å². The van der Waals surface area contributed by atoms with E-state index < -0.39 is 0 Å². The zero-order valence-corrected chi connectivity index (χ0v) is 16.5. The fourth-order valence-electron chi connectivity index (χ4n) is 3.16. The summed E-state index contributed by atoms with van der Waals surface area (Å²) in [6.07, 6.45) is 0. The molecule has 150 valence electrons. The Morgan fingerprint density at radius 2 is 1.89 bits per heavy atom. The minimum atomic E-state index is 0.00122. The van der Waals surface area contributed by atoms with Gasteiger partial charge in [0, 0.05) is 58.7 Å². The van der Waals surface area contributed by atoms with Crippen molar-refractivity contribution in [1.29, 1.82) is 0 Å². The number of piperazine rings is 1. The van der Waals surface area contributed by atoms with Gasteiger partial charge in [0.25, 0.3) is 0 Å². The summed E-state index contributed by atoms with van der Waals surface area (Å²) in [6.45, 7) is 10.2. The number of aliphatic imine (C=N–C) groups is 1. The number of nitrogens with zero attached hydrogens (tertiary/aromatic N) is 3. The van der Waals surface area contributed by atoms with E-state index in [1.807, 2.05) is 42.2 Å². The molecule has 0 aliphatic carbocycles. The molecule has 7 heteroatoms. The highest BCUT2D eigenvalue weighted by molar-refractivity contribution is 5.79. The fraction of sp³-hybridized carbons (Fsp3) is 0.600. The molecule has 0 aromatic heterocycles. The first kappa shape index (κ1) is 21.2. The Labute approximate surface area is 162 Å². The van der Waals surface area contributed by atoms with Crippen LogP contribution in [-0.2, 0) is 4.79 Å². The van der Waals surface area contributed by atoms with Crippen LogP contribution in [0.4, 0.5) is 0 Å². The van der Waals surface area contributed by atoms with E-state index in [4.69, 9.17) is 0 Å². The summed E-state index contributed by atoms with van der Waals surface area (Å²) in [5.41, 5.74) is 1.10. The van der Waals surface area contributed by atoms with Crippen molar-refractivity contribution in [2.24, 2.45) is 4.99 Å². The normalized spacial score (nSPS) is 16.9. The Kier molecular flexibility index (Phi) is 9.07. The molecule has 1 unspecified atom stereocenters. The number of carbonyl (C=O) groups is 1. The second-order valence-corrected chi connectivity index (χ2v) is 6.78. The van der Waals surface area contributed by atoms with E-state index in [1.165, 1.54) is 0 Å². The Bertz CT molecular complexity index is 585. The van der Waals surface area contributed by atoms with Crippen molar-refractivity contribution in [1.82, 2.24) is 20.4 Å². The van der Waals surface area contributed by atoms with Gasteiger partial charge in [-0.15, -0.1) is 0 Å². The molecule has 0 spiro atoms. The molecule has 3 N–H and O–H groups in total. The van der Waals surface area contributed by atoms with Crippen LogP contribution >= 0.6 is 0 Å². The molecule has 1 amide bonds. The van der Waals surface area contributed by atoms with Crippen molar-refractivity contribution in [2.75, 3.05) is 59.0 Å². The minimum Gasteiger partial charge on any atom is -0.396 e. The van der Waals surface area contributed by atoms with Crippen molar-refractivity contribution < 1.29 is 9.90 Å². The van der Waals surface area contributed by atoms with Crippen LogP contribution in [0.3, 0.4) is 0 Å². The molecular weight excluding hydrogens is 342 g/mol. The lowest BCUT2D eigenvalue weighted by molar-refractivity contribution is -0.130. The van der Waals surface area contributed by atoms with Gasteiger partial charge >= 0.3 is 0 Å². The highest BCUT2D eigenvalue weighted by Gasteiger charge is 2.18. The maximum Gasteiger partial charge on any atom is 0.219 e. The molecule has 7 nitrogen and oxygen atoms in total. The number of hydrogen-bond acceptors (Lipinski definition) is 4. The van der Waals surface area contributed by atoms with E-state index in [9.17, 15) is 9.90 Å². The van der Waals surface area contributed by atoms with E-state index >= 15 is 0 Å². The SMILES string of the molecule is CCNC(=NCC(CO)c1ccccc1)NCCN1CCN(C(C)=O)CC1. The van der Waals surface area contributed by atoms with Gasteiger partial charge in [0.05, 0.1) is 13.2 Å². The lowest BCUT2D eigenvalue weighted by Crippen LogP contribution is -2.50. The van der Waals surface area contributed by atoms with Gasteiger partial charge in [0.2, 0.25) is 5.91 Å². The number of amides is 1. The molecule has 27 heavy (non-hydrogen) atoms. The summed E-state index contributed by atoms with van der Waals surface area (Å²) >= 11 is 0. The monoisotopic (exact) mass is 375 g/mol. The molecule has 1 saturated heterocycles. The summed E-state index contributed by atoms with van der Waals surface area (Å²) in [6, 6.07) is 9.99. The van der Waals surface area contributed by atoms with Crippen molar-refractivity contribution >= 4 is 11.9 Å². The van der Waals surface area contributed by atoms with Gasteiger partial charge in [-0.1, -0.05) is 30.3 Å². The molecule has 1 aromatic carbocycles. The summed E-state index contributed by atoms with van der Waals surface area (Å²) in [5, 5.41) is 16.3. The quantitative estimate of drug-likeness (QED) is 0.455. The molecule has 0 saturated carbocycles. The van der Waals surface area contributed by atoms with Gasteiger partial charge in [-0.2, -0.15) is 0 Å². The highest BCUT2D eigenvalue weighted by atomic mass is 16.3. The molecule has 1 aromatic rings. The fourth-order valence-corrected chi connectivity index (χ4v) is 3.16. The molecule has 1 fully saturated rings. The van der Waals surface area contributed by atoms with Crippen LogP contribution in [0.25, 0.3) is 0 Å². The number of aliphatic hydroxyl groups excluding tert-OH is 1. The Balaban J connectivity index is 1.79. The summed E-state index contributed by atoms with van der Waals surface area (Å²) < 4.78 is 0. The molecule has 1 heterocycles. The van der Waals surface area contributed by atoms with Crippen LogP contribution in [-0.4, -0.2) is 85.7 Å². The standard InChI is InChI=1S/C20H33N5O2/c1-3-21-20(23-15-19(16-26)18-7-5-4-6-8-18)22-9-10-24-11-13-25(14-12-24)17(2)27/h4-8,19,26H,3,9-16H2,1-2H3,(H2,21,22,23). The number of aliphatic hydroxyl groups is 1. The number of hydrogen-bond donors (Lipinski definition) is 3. The lowest BCUT2D eigenvalue weighted by atomic mass is 10.0. The second kappa shape index (κ2) is 11.6. The van der Waals surface area contributed by atoms with Crippen LogP contribution in [0, 0.1) is 0 Å². The van der Waals surface area contributed by atoms with E-state index in [0.29, 0.717) is 6.54 Å². The first-order valence-electron chi connectivity index (χ1n) is 9.80. The minimum absolute atomic E-state index is 0.00122. The predicted molar refractivity (Wildman–Crippen MR) is 109 cm³/mol. The van der Waals surface area contributed by atoms with E-state index in [0.717, 1.165) is 57.3 Å². The van der Waals surface area contributed by atoms with Crippen molar-refractivity contribution in [3.8, 4) is 0 Å². The third-order valence-corrected chi connectivity index (χ3v) is 4.84. The van der Waals surface area contributed by atoms with Crippen molar-refractivity contribution in [3.05, 3.63) is 35.9 Å². The van der Waals surface area contributed by atoms with Gasteiger partial charge in [0.15, 0.2) is 5.96 Å². The predicted octanol–water partition coefficient (Wildman–Crippen LogP) is 0.482. The summed E-state index contributed by atoms with van der Waals surface area (Å²) in [4.78, 5) is 20.3. The maximum atomic E-state index is 11.4. The Morgan fingerprint density at radius 3 is 2.48 bits per heavy atom. The zero-order chi connectivity index (χ0) is 19.5. The van der Waals surface area contributed by atoms with Crippen LogP contribution in [0.1, 0.15) is 25.3 Å². The third kappa shape index (κ3) is 7.19. The molecule has 0 radical (unpaired) electrons. The molecule has 2 rings (SSSR count). The van der Waals surface area contributed by atoms with Crippen LogP contribution in [0.2, 0.25) is 0 Å². The van der Waals surface area contributed by atoms with Crippen LogP contribution in [0.5, 0.6) is 0 Å². The van der Waals surface area contributed by atoms with E-state index in [1.54, 1.807) is 6.92 Å². The molecule has 1 aliphatic rings. The molecule has 0 bridgehead atoms.